The Morgan fingerprint density at radius 1 is 1.38 bits per heavy atom. The molecule has 0 radical (unpaired) electrons. The number of halogens is 1. The van der Waals surface area contributed by atoms with E-state index >= 15 is 0 Å². The van der Waals surface area contributed by atoms with Crippen LogP contribution in [0.25, 0.3) is 0 Å². The molecule has 13 heavy (non-hydrogen) atoms. The second-order valence-corrected chi connectivity index (χ2v) is 3.01. The molecule has 2 heteroatoms. The molecule has 1 atom stereocenters. The Balaban J connectivity index is 2.78. The molecule has 0 heterocycles. The maximum Gasteiger partial charge on any atom is 0.123 e. The van der Waals surface area contributed by atoms with Crippen LogP contribution in [0.5, 0.6) is 0 Å². The van der Waals surface area contributed by atoms with Gasteiger partial charge in [-0.25, -0.2) is 4.39 Å². The van der Waals surface area contributed by atoms with Crippen molar-refractivity contribution in [3.63, 3.8) is 0 Å². The lowest BCUT2D eigenvalue weighted by atomic mass is 9.96. The van der Waals surface area contributed by atoms with Crippen LogP contribution in [-0.4, -0.2) is 6.54 Å². The van der Waals surface area contributed by atoms with Crippen molar-refractivity contribution in [1.82, 2.24) is 0 Å². The Bertz CT molecular complexity index is 266. The number of rotatable bonds is 4. The molecule has 0 fully saturated rings. The lowest BCUT2D eigenvalue weighted by Crippen LogP contribution is -2.11. The van der Waals surface area contributed by atoms with Gasteiger partial charge in [0.25, 0.3) is 0 Å². The summed E-state index contributed by atoms with van der Waals surface area (Å²) in [5.41, 5.74) is 6.66. The molecule has 1 rings (SSSR count). The van der Waals surface area contributed by atoms with E-state index in [-0.39, 0.29) is 11.7 Å². The molecule has 1 aromatic rings. The minimum Gasteiger partial charge on any atom is -0.330 e. The van der Waals surface area contributed by atoms with Gasteiger partial charge >= 0.3 is 0 Å². The van der Waals surface area contributed by atoms with Crippen LogP contribution >= 0.6 is 0 Å². The van der Waals surface area contributed by atoms with E-state index < -0.39 is 0 Å². The van der Waals surface area contributed by atoms with Crippen LogP contribution in [0.1, 0.15) is 17.9 Å². The lowest BCUT2D eigenvalue weighted by molar-refractivity contribution is 0.624. The first kappa shape index (κ1) is 9.93. The van der Waals surface area contributed by atoms with E-state index in [1.165, 1.54) is 12.1 Å². The van der Waals surface area contributed by atoms with E-state index in [9.17, 15) is 4.39 Å². The fraction of sp³-hybridized carbons (Fsp3) is 0.273. The van der Waals surface area contributed by atoms with Crippen LogP contribution in [-0.2, 0) is 0 Å². The molecule has 0 saturated carbocycles. The lowest BCUT2D eigenvalue weighted by Gasteiger charge is -2.12. The summed E-state index contributed by atoms with van der Waals surface area (Å²) in [5.74, 6) is 0.0521. The maximum absolute atomic E-state index is 12.6. The zero-order valence-electron chi connectivity index (χ0n) is 7.54. The molecule has 1 unspecified atom stereocenters. The van der Waals surface area contributed by atoms with Gasteiger partial charge in [0.15, 0.2) is 0 Å². The van der Waals surface area contributed by atoms with Crippen molar-refractivity contribution in [3.8, 4) is 0 Å². The zero-order chi connectivity index (χ0) is 9.68. The highest BCUT2D eigenvalue weighted by atomic mass is 19.1. The van der Waals surface area contributed by atoms with Crippen LogP contribution in [0.3, 0.4) is 0 Å². The Morgan fingerprint density at radius 3 is 2.46 bits per heavy atom. The first-order valence-electron chi connectivity index (χ1n) is 4.34. The maximum atomic E-state index is 12.6. The number of nitrogens with two attached hydrogens (primary N) is 1. The predicted octanol–water partition coefficient (Wildman–Crippen LogP) is 2.44. The van der Waals surface area contributed by atoms with Crippen molar-refractivity contribution in [2.24, 2.45) is 5.73 Å². The summed E-state index contributed by atoms with van der Waals surface area (Å²) < 4.78 is 12.6. The average molecular weight is 179 g/mol. The first-order chi connectivity index (χ1) is 6.27. The van der Waals surface area contributed by atoms with Gasteiger partial charge in [0.05, 0.1) is 0 Å². The third-order valence-electron chi connectivity index (χ3n) is 2.08. The van der Waals surface area contributed by atoms with Crippen molar-refractivity contribution >= 4 is 0 Å². The first-order valence-corrected chi connectivity index (χ1v) is 4.34. The highest BCUT2D eigenvalue weighted by Crippen LogP contribution is 2.18. The molecule has 70 valence electrons. The molecule has 0 saturated heterocycles. The summed E-state index contributed by atoms with van der Waals surface area (Å²) in [6.07, 6.45) is 2.67. The molecule has 0 amide bonds. The Morgan fingerprint density at radius 2 is 2.00 bits per heavy atom. The summed E-state index contributed by atoms with van der Waals surface area (Å²) in [5, 5.41) is 0. The summed E-state index contributed by atoms with van der Waals surface area (Å²) in [7, 11) is 0. The van der Waals surface area contributed by atoms with Gasteiger partial charge in [-0.1, -0.05) is 18.2 Å². The molecular formula is C11H14FN. The van der Waals surface area contributed by atoms with Gasteiger partial charge < -0.3 is 5.73 Å². The van der Waals surface area contributed by atoms with E-state index in [1.807, 2.05) is 6.08 Å². The smallest absolute Gasteiger partial charge is 0.123 e. The summed E-state index contributed by atoms with van der Waals surface area (Å²) >= 11 is 0. The van der Waals surface area contributed by atoms with Gasteiger partial charge in [0.2, 0.25) is 0 Å². The van der Waals surface area contributed by atoms with Crippen molar-refractivity contribution in [2.75, 3.05) is 6.54 Å². The molecule has 1 nitrogen and oxygen atoms in total. The third-order valence-corrected chi connectivity index (χ3v) is 2.08. The second-order valence-electron chi connectivity index (χ2n) is 3.01. The van der Waals surface area contributed by atoms with Gasteiger partial charge in [-0.05, 0) is 36.6 Å². The predicted molar refractivity (Wildman–Crippen MR) is 53.0 cm³/mol. The molecule has 0 bridgehead atoms. The zero-order valence-corrected chi connectivity index (χ0v) is 7.54. The van der Waals surface area contributed by atoms with Crippen LogP contribution in [0, 0.1) is 5.82 Å². The van der Waals surface area contributed by atoms with Crippen LogP contribution in [0.4, 0.5) is 4.39 Å². The SMILES string of the molecule is C=CCC(CN)c1ccc(F)cc1. The topological polar surface area (TPSA) is 26.0 Å². The molecule has 0 aliphatic carbocycles. The summed E-state index contributed by atoms with van der Waals surface area (Å²) in [4.78, 5) is 0. The number of hydrogen-bond acceptors (Lipinski definition) is 1. The normalized spacial score (nSPS) is 12.5. The Labute approximate surface area is 78.1 Å². The summed E-state index contributed by atoms with van der Waals surface area (Å²) in [6.45, 7) is 4.23. The van der Waals surface area contributed by atoms with Crippen molar-refractivity contribution in [2.45, 2.75) is 12.3 Å². The molecule has 0 aliphatic heterocycles. The minimum atomic E-state index is -0.210. The van der Waals surface area contributed by atoms with E-state index in [1.54, 1.807) is 12.1 Å². The number of hydrogen-bond donors (Lipinski definition) is 1. The van der Waals surface area contributed by atoms with Crippen LogP contribution in [0.15, 0.2) is 36.9 Å². The van der Waals surface area contributed by atoms with Crippen molar-refractivity contribution in [3.05, 3.63) is 48.3 Å². The summed E-state index contributed by atoms with van der Waals surface area (Å²) in [6, 6.07) is 6.47. The standard InChI is InChI=1S/C11H14FN/c1-2-3-10(8-13)9-4-6-11(12)7-5-9/h2,4-7,10H,1,3,8,13H2. The highest BCUT2D eigenvalue weighted by Gasteiger charge is 2.06. The molecule has 2 N–H and O–H groups in total. The molecular weight excluding hydrogens is 165 g/mol. The van der Waals surface area contributed by atoms with E-state index in [0.29, 0.717) is 6.54 Å². The van der Waals surface area contributed by atoms with Gasteiger partial charge in [0, 0.05) is 0 Å². The van der Waals surface area contributed by atoms with Gasteiger partial charge in [-0.2, -0.15) is 0 Å². The van der Waals surface area contributed by atoms with Gasteiger partial charge in [-0.15, -0.1) is 6.58 Å². The molecule has 0 aromatic heterocycles. The third kappa shape index (κ3) is 2.67. The van der Waals surface area contributed by atoms with E-state index in [4.69, 9.17) is 5.73 Å². The van der Waals surface area contributed by atoms with E-state index in [2.05, 4.69) is 6.58 Å². The fourth-order valence-electron chi connectivity index (χ4n) is 1.30. The quantitative estimate of drug-likeness (QED) is 0.706. The van der Waals surface area contributed by atoms with Gasteiger partial charge in [-0.3, -0.25) is 0 Å². The van der Waals surface area contributed by atoms with Crippen LogP contribution < -0.4 is 5.73 Å². The van der Waals surface area contributed by atoms with E-state index in [0.717, 1.165) is 12.0 Å². The Hall–Kier alpha value is -1.15. The largest absolute Gasteiger partial charge is 0.330 e. The van der Waals surface area contributed by atoms with Crippen molar-refractivity contribution in [1.29, 1.82) is 0 Å². The monoisotopic (exact) mass is 179 g/mol. The minimum absolute atomic E-state index is 0.210. The average Bonchev–Trinajstić information content (AvgIpc) is 2.16. The molecule has 1 aromatic carbocycles. The molecule has 0 spiro atoms. The van der Waals surface area contributed by atoms with Gasteiger partial charge in [0.1, 0.15) is 5.82 Å². The fourth-order valence-corrected chi connectivity index (χ4v) is 1.30. The highest BCUT2D eigenvalue weighted by molar-refractivity contribution is 5.21. The van der Waals surface area contributed by atoms with Crippen molar-refractivity contribution < 1.29 is 4.39 Å². The number of allylic oxidation sites excluding steroid dienone is 1. The van der Waals surface area contributed by atoms with Crippen LogP contribution in [0.2, 0.25) is 0 Å². The molecule has 0 aliphatic rings. The second kappa shape index (κ2) is 4.77. The number of benzene rings is 1. The Kier molecular flexibility index (Phi) is 3.65.